The number of likely N-dealkylation sites (N-methyl/N-ethyl adjacent to an activating group) is 1. The Morgan fingerprint density at radius 1 is 1.57 bits per heavy atom. The Kier molecular flexibility index (Phi) is 3.29. The predicted octanol–water partition coefficient (Wildman–Crippen LogP) is 1.20. The van der Waals surface area contributed by atoms with Crippen LogP contribution in [0.4, 0.5) is 5.69 Å². The highest BCUT2D eigenvalue weighted by atomic mass is 16.5. The van der Waals surface area contributed by atoms with Crippen LogP contribution in [-0.4, -0.2) is 52.1 Å². The number of aromatic carboxylic acids is 1. The highest BCUT2D eigenvalue weighted by Gasteiger charge is 2.28. The lowest BCUT2D eigenvalue weighted by Crippen LogP contribution is -2.33. The van der Waals surface area contributed by atoms with Crippen LogP contribution in [-0.2, 0) is 11.8 Å². The minimum absolute atomic E-state index is 0.174. The summed E-state index contributed by atoms with van der Waals surface area (Å²) in [6.07, 6.45) is 2.30. The molecule has 0 aliphatic carbocycles. The number of carboxylic acid groups (broad SMARTS) is 1. The molecule has 1 aliphatic rings. The summed E-state index contributed by atoms with van der Waals surface area (Å²) in [7, 11) is 3.72. The van der Waals surface area contributed by atoms with Crippen LogP contribution in [0.15, 0.2) is 6.20 Å². The quantitative estimate of drug-likeness (QED) is 0.915. The summed E-state index contributed by atoms with van der Waals surface area (Å²) >= 11 is 0. The number of hydrogen-bond donors (Lipinski definition) is 1. The number of carboxylic acids is 1. The number of hydrogen-bond acceptors (Lipinski definition) is 5. The predicted molar refractivity (Wildman–Crippen MR) is 77.8 cm³/mol. The first-order chi connectivity index (χ1) is 10.0. The molecule has 1 fully saturated rings. The van der Waals surface area contributed by atoms with Gasteiger partial charge in [-0.3, -0.25) is 4.68 Å². The fourth-order valence-electron chi connectivity index (χ4n) is 2.93. The molecule has 1 aliphatic heterocycles. The van der Waals surface area contributed by atoms with Gasteiger partial charge < -0.3 is 14.7 Å². The van der Waals surface area contributed by atoms with Crippen LogP contribution in [0.3, 0.4) is 0 Å². The van der Waals surface area contributed by atoms with Gasteiger partial charge in [0.2, 0.25) is 0 Å². The Labute approximate surface area is 122 Å². The van der Waals surface area contributed by atoms with Gasteiger partial charge in [-0.2, -0.15) is 5.10 Å². The maximum atomic E-state index is 11.6. The Morgan fingerprint density at radius 2 is 2.33 bits per heavy atom. The summed E-state index contributed by atoms with van der Waals surface area (Å²) in [5.41, 5.74) is 2.35. The molecule has 112 valence electrons. The SMILES string of the molecule is Cc1nn(C)c2ncc(C(=O)O)c(N(C)C3CCOC3)c12. The van der Waals surface area contributed by atoms with Gasteiger partial charge >= 0.3 is 5.97 Å². The Bertz CT molecular complexity index is 704. The summed E-state index contributed by atoms with van der Waals surface area (Å²) in [4.78, 5) is 17.8. The highest BCUT2D eigenvalue weighted by Crippen LogP contribution is 2.33. The fraction of sp³-hybridized carbons (Fsp3) is 0.500. The van der Waals surface area contributed by atoms with Crippen molar-refractivity contribution in [1.82, 2.24) is 14.8 Å². The van der Waals surface area contributed by atoms with Crippen LogP contribution in [0.2, 0.25) is 0 Å². The third kappa shape index (κ3) is 2.13. The van der Waals surface area contributed by atoms with Crippen LogP contribution in [0.1, 0.15) is 22.5 Å². The molecule has 0 spiro atoms. The number of nitrogens with zero attached hydrogens (tertiary/aromatic N) is 4. The number of anilines is 1. The lowest BCUT2D eigenvalue weighted by Gasteiger charge is -2.27. The summed E-state index contributed by atoms with van der Waals surface area (Å²) in [5, 5.41) is 14.7. The minimum Gasteiger partial charge on any atom is -0.478 e. The van der Waals surface area contributed by atoms with E-state index >= 15 is 0 Å². The Balaban J connectivity index is 2.25. The molecular formula is C14H18N4O3. The van der Waals surface area contributed by atoms with Crippen LogP contribution in [0.25, 0.3) is 11.0 Å². The van der Waals surface area contributed by atoms with Gasteiger partial charge in [-0.1, -0.05) is 0 Å². The molecule has 0 amide bonds. The number of aryl methyl sites for hydroxylation is 2. The topological polar surface area (TPSA) is 80.5 Å². The zero-order valence-corrected chi connectivity index (χ0v) is 12.3. The third-order valence-electron chi connectivity index (χ3n) is 4.04. The van der Waals surface area contributed by atoms with Crippen LogP contribution in [0.5, 0.6) is 0 Å². The normalized spacial score (nSPS) is 18.3. The van der Waals surface area contributed by atoms with Crippen LogP contribution >= 0.6 is 0 Å². The molecule has 1 unspecified atom stereocenters. The van der Waals surface area contributed by atoms with Gasteiger partial charge in [-0.15, -0.1) is 0 Å². The average molecular weight is 290 g/mol. The van der Waals surface area contributed by atoms with Crippen molar-refractivity contribution in [3.8, 4) is 0 Å². The van der Waals surface area contributed by atoms with E-state index in [0.29, 0.717) is 24.5 Å². The van der Waals surface area contributed by atoms with E-state index < -0.39 is 5.97 Å². The molecule has 0 aromatic carbocycles. The van der Waals surface area contributed by atoms with Crippen molar-refractivity contribution in [2.24, 2.45) is 7.05 Å². The zero-order chi connectivity index (χ0) is 15.1. The molecule has 21 heavy (non-hydrogen) atoms. The lowest BCUT2D eigenvalue weighted by atomic mass is 10.1. The monoisotopic (exact) mass is 290 g/mol. The zero-order valence-electron chi connectivity index (χ0n) is 12.3. The van der Waals surface area contributed by atoms with Gasteiger partial charge in [0, 0.05) is 26.9 Å². The van der Waals surface area contributed by atoms with E-state index in [1.165, 1.54) is 6.20 Å². The first kappa shape index (κ1) is 13.8. The summed E-state index contributed by atoms with van der Waals surface area (Å²) in [5.74, 6) is -0.978. The second-order valence-corrected chi connectivity index (χ2v) is 5.36. The molecule has 0 radical (unpaired) electrons. The van der Waals surface area contributed by atoms with E-state index in [-0.39, 0.29) is 11.6 Å². The number of pyridine rings is 1. The average Bonchev–Trinajstić information content (AvgIpc) is 3.06. The molecule has 7 heteroatoms. The highest BCUT2D eigenvalue weighted by molar-refractivity contribution is 6.04. The Morgan fingerprint density at radius 3 is 2.95 bits per heavy atom. The number of ether oxygens (including phenoxy) is 1. The maximum Gasteiger partial charge on any atom is 0.339 e. The van der Waals surface area contributed by atoms with E-state index in [2.05, 4.69) is 10.1 Å². The Hall–Kier alpha value is -2.15. The standard InChI is InChI=1S/C14H18N4O3/c1-8-11-12(17(2)9-4-5-21-7-9)10(14(19)20)6-15-13(11)18(3)16-8/h6,9H,4-5,7H2,1-3H3,(H,19,20). The molecule has 2 aromatic rings. The third-order valence-corrected chi connectivity index (χ3v) is 4.04. The number of carbonyl (C=O) groups is 1. The smallest absolute Gasteiger partial charge is 0.339 e. The van der Waals surface area contributed by atoms with Gasteiger partial charge in [0.1, 0.15) is 5.56 Å². The molecule has 3 rings (SSSR count). The van der Waals surface area contributed by atoms with Gasteiger partial charge in [0.25, 0.3) is 0 Å². The number of fused-ring (bicyclic) bond motifs is 1. The number of rotatable bonds is 3. The van der Waals surface area contributed by atoms with E-state index in [4.69, 9.17) is 4.74 Å². The van der Waals surface area contributed by atoms with Gasteiger partial charge in [-0.05, 0) is 13.3 Å². The largest absolute Gasteiger partial charge is 0.478 e. The molecule has 0 bridgehead atoms. The molecule has 2 aromatic heterocycles. The van der Waals surface area contributed by atoms with Crippen molar-refractivity contribution in [2.75, 3.05) is 25.2 Å². The van der Waals surface area contributed by atoms with Crippen LogP contribution < -0.4 is 4.90 Å². The molecule has 1 atom stereocenters. The van der Waals surface area contributed by atoms with Gasteiger partial charge in [0.15, 0.2) is 5.65 Å². The maximum absolute atomic E-state index is 11.6. The molecule has 1 N–H and O–H groups in total. The second-order valence-electron chi connectivity index (χ2n) is 5.36. The second kappa shape index (κ2) is 5.00. The van der Waals surface area contributed by atoms with E-state index in [9.17, 15) is 9.90 Å². The van der Waals surface area contributed by atoms with E-state index in [1.54, 1.807) is 4.68 Å². The molecule has 3 heterocycles. The van der Waals surface area contributed by atoms with E-state index in [0.717, 1.165) is 17.5 Å². The summed E-state index contributed by atoms with van der Waals surface area (Å²) in [6, 6.07) is 0.174. The molecular weight excluding hydrogens is 272 g/mol. The van der Waals surface area contributed by atoms with Crippen molar-refractivity contribution in [1.29, 1.82) is 0 Å². The molecule has 7 nitrogen and oxygen atoms in total. The molecule has 0 saturated carbocycles. The van der Waals surface area contributed by atoms with Crippen LogP contribution in [0, 0.1) is 6.92 Å². The van der Waals surface area contributed by atoms with Gasteiger partial charge in [-0.25, -0.2) is 9.78 Å². The summed E-state index contributed by atoms with van der Waals surface area (Å²) in [6.45, 7) is 3.19. The number of aromatic nitrogens is 3. The minimum atomic E-state index is -0.978. The first-order valence-electron chi connectivity index (χ1n) is 6.87. The van der Waals surface area contributed by atoms with Crippen molar-refractivity contribution in [3.63, 3.8) is 0 Å². The first-order valence-corrected chi connectivity index (χ1v) is 6.87. The molecule has 1 saturated heterocycles. The van der Waals surface area contributed by atoms with Crippen molar-refractivity contribution < 1.29 is 14.6 Å². The lowest BCUT2D eigenvalue weighted by molar-refractivity contribution is 0.0697. The van der Waals surface area contributed by atoms with E-state index in [1.807, 2.05) is 25.9 Å². The van der Waals surface area contributed by atoms with Crippen molar-refractivity contribution >= 4 is 22.7 Å². The van der Waals surface area contributed by atoms with Crippen molar-refractivity contribution in [2.45, 2.75) is 19.4 Å². The van der Waals surface area contributed by atoms with Crippen molar-refractivity contribution in [3.05, 3.63) is 17.5 Å². The fourth-order valence-corrected chi connectivity index (χ4v) is 2.93. The van der Waals surface area contributed by atoms with Gasteiger partial charge in [0.05, 0.1) is 29.4 Å². The summed E-state index contributed by atoms with van der Waals surface area (Å²) < 4.78 is 7.10.